The number of aromatic amines is 1. The first-order valence-corrected chi connectivity index (χ1v) is 5.98. The molecule has 0 bridgehead atoms. The van der Waals surface area contributed by atoms with Crippen molar-refractivity contribution >= 4 is 40.5 Å². The van der Waals surface area contributed by atoms with Gasteiger partial charge in [-0.3, -0.25) is 14.9 Å². The number of H-pyrrole nitrogens is 1. The second-order valence-corrected chi connectivity index (χ2v) is 4.45. The summed E-state index contributed by atoms with van der Waals surface area (Å²) in [5, 5.41) is 5.25. The number of rotatable bonds is 2. The zero-order valence-electron chi connectivity index (χ0n) is 9.61. The Labute approximate surface area is 112 Å². The maximum Gasteiger partial charge on any atom is 0.249 e. The van der Waals surface area contributed by atoms with Crippen LogP contribution in [0.5, 0.6) is 0 Å². The molecule has 19 heavy (non-hydrogen) atoms. The molecule has 0 aliphatic carbocycles. The number of nitrogens with one attached hydrogen (secondary N) is 3. The Morgan fingerprint density at radius 3 is 3.05 bits per heavy atom. The van der Waals surface area contributed by atoms with Gasteiger partial charge in [0.05, 0.1) is 6.33 Å². The van der Waals surface area contributed by atoms with E-state index in [1.165, 1.54) is 6.33 Å². The summed E-state index contributed by atoms with van der Waals surface area (Å²) in [6, 6.07) is -0.551. The monoisotopic (exact) mass is 280 g/mol. The van der Waals surface area contributed by atoms with E-state index in [1.54, 1.807) is 0 Å². The van der Waals surface area contributed by atoms with Crippen LogP contribution < -0.4 is 10.6 Å². The number of imidazole rings is 1. The van der Waals surface area contributed by atoms with E-state index in [0.29, 0.717) is 24.0 Å². The molecule has 3 N–H and O–H groups in total. The fourth-order valence-corrected chi connectivity index (χ4v) is 2.08. The van der Waals surface area contributed by atoms with Crippen LogP contribution in [-0.4, -0.2) is 37.8 Å². The molecule has 0 spiro atoms. The molecule has 2 aromatic heterocycles. The molecule has 0 aromatic carbocycles. The molecule has 2 aromatic rings. The highest BCUT2D eigenvalue weighted by Crippen LogP contribution is 2.18. The van der Waals surface area contributed by atoms with Gasteiger partial charge in [0.25, 0.3) is 0 Å². The third-order valence-electron chi connectivity index (χ3n) is 2.79. The Hall–Kier alpha value is -2.22. The lowest BCUT2D eigenvalue weighted by molar-refractivity contribution is -0.122. The number of anilines is 1. The van der Waals surface area contributed by atoms with Crippen LogP contribution in [0.3, 0.4) is 0 Å². The largest absolute Gasteiger partial charge is 0.344 e. The fourth-order valence-electron chi connectivity index (χ4n) is 1.86. The van der Waals surface area contributed by atoms with Gasteiger partial charge >= 0.3 is 0 Å². The van der Waals surface area contributed by atoms with Gasteiger partial charge < -0.3 is 10.3 Å². The van der Waals surface area contributed by atoms with Crippen molar-refractivity contribution in [2.24, 2.45) is 0 Å². The highest BCUT2D eigenvalue weighted by Gasteiger charge is 2.27. The van der Waals surface area contributed by atoms with Gasteiger partial charge in [-0.15, -0.1) is 0 Å². The average Bonchev–Trinajstić information content (AvgIpc) is 2.97. The van der Waals surface area contributed by atoms with E-state index in [4.69, 9.17) is 11.6 Å². The number of hydrogen-bond donors (Lipinski definition) is 3. The lowest BCUT2D eigenvalue weighted by Gasteiger charge is -2.09. The van der Waals surface area contributed by atoms with E-state index in [1.807, 2.05) is 0 Å². The standard InChI is InChI=1S/C10H9ClN6O2/c11-7-6-8(13-3-12-6)16-10(15-7)17-9(19)4-1-2-5(18)14-4/h3-4H,1-2H2,(H,14,18)(H2,12,13,15,16,17,19). The smallest absolute Gasteiger partial charge is 0.249 e. The van der Waals surface area contributed by atoms with Crippen LogP contribution in [0, 0.1) is 0 Å². The number of halogens is 1. The summed E-state index contributed by atoms with van der Waals surface area (Å²) in [6.45, 7) is 0. The topological polar surface area (TPSA) is 113 Å². The SMILES string of the molecule is O=C1CCC(C(=O)Nc2nc(Cl)c3[nH]cnc3n2)N1. The molecule has 2 amide bonds. The van der Waals surface area contributed by atoms with Gasteiger partial charge in [0, 0.05) is 6.42 Å². The lowest BCUT2D eigenvalue weighted by atomic mass is 10.2. The first-order valence-electron chi connectivity index (χ1n) is 5.60. The molecule has 0 radical (unpaired) electrons. The van der Waals surface area contributed by atoms with E-state index in [9.17, 15) is 9.59 Å². The Bertz CT molecular complexity index is 669. The minimum absolute atomic E-state index is 0.0655. The summed E-state index contributed by atoms with van der Waals surface area (Å²) in [6.07, 6.45) is 2.25. The van der Waals surface area contributed by atoms with E-state index in [2.05, 4.69) is 30.6 Å². The molecular formula is C10H9ClN6O2. The van der Waals surface area contributed by atoms with Gasteiger partial charge in [0.1, 0.15) is 11.6 Å². The van der Waals surface area contributed by atoms with Crippen molar-refractivity contribution in [3.63, 3.8) is 0 Å². The van der Waals surface area contributed by atoms with E-state index in [-0.39, 0.29) is 22.9 Å². The Morgan fingerprint density at radius 2 is 2.32 bits per heavy atom. The van der Waals surface area contributed by atoms with Gasteiger partial charge in [-0.05, 0) is 6.42 Å². The maximum atomic E-state index is 11.9. The highest BCUT2D eigenvalue weighted by molar-refractivity contribution is 6.33. The summed E-state index contributed by atoms with van der Waals surface area (Å²) in [5.41, 5.74) is 0.875. The number of amides is 2. The number of fused-ring (bicyclic) bond motifs is 1. The zero-order chi connectivity index (χ0) is 13.4. The Morgan fingerprint density at radius 1 is 1.47 bits per heavy atom. The van der Waals surface area contributed by atoms with Gasteiger partial charge in [-0.25, -0.2) is 4.98 Å². The Balaban J connectivity index is 1.81. The maximum absolute atomic E-state index is 11.9. The van der Waals surface area contributed by atoms with E-state index < -0.39 is 6.04 Å². The van der Waals surface area contributed by atoms with Crippen LogP contribution in [0.2, 0.25) is 5.15 Å². The van der Waals surface area contributed by atoms with Gasteiger partial charge in [-0.1, -0.05) is 11.6 Å². The van der Waals surface area contributed by atoms with Gasteiger partial charge in [-0.2, -0.15) is 9.97 Å². The van der Waals surface area contributed by atoms with Crippen LogP contribution in [0.4, 0.5) is 5.95 Å². The molecule has 1 aliphatic heterocycles. The molecule has 1 fully saturated rings. The number of aromatic nitrogens is 4. The van der Waals surface area contributed by atoms with Crippen molar-refractivity contribution in [1.82, 2.24) is 25.3 Å². The third kappa shape index (κ3) is 2.22. The van der Waals surface area contributed by atoms with Gasteiger partial charge in [0.2, 0.25) is 17.8 Å². The predicted octanol–water partition coefficient (Wildman–Crippen LogP) is 0.223. The molecule has 8 nitrogen and oxygen atoms in total. The summed E-state index contributed by atoms with van der Waals surface area (Å²) in [7, 11) is 0. The average molecular weight is 281 g/mol. The first kappa shape index (κ1) is 11.8. The van der Waals surface area contributed by atoms with Crippen LogP contribution in [0.15, 0.2) is 6.33 Å². The van der Waals surface area contributed by atoms with Crippen molar-refractivity contribution in [1.29, 1.82) is 0 Å². The third-order valence-corrected chi connectivity index (χ3v) is 3.06. The summed E-state index contributed by atoms with van der Waals surface area (Å²) in [5.74, 6) is -0.436. The molecule has 1 saturated heterocycles. The molecule has 9 heteroatoms. The molecule has 1 unspecified atom stereocenters. The predicted molar refractivity (Wildman–Crippen MR) is 66.5 cm³/mol. The Kier molecular flexibility index (Phi) is 2.79. The summed E-state index contributed by atoms with van der Waals surface area (Å²) >= 11 is 5.93. The van der Waals surface area contributed by atoms with Crippen molar-refractivity contribution in [2.45, 2.75) is 18.9 Å². The quantitative estimate of drug-likeness (QED) is 0.681. The normalized spacial score (nSPS) is 18.6. The molecule has 3 heterocycles. The molecular weight excluding hydrogens is 272 g/mol. The van der Waals surface area contributed by atoms with Crippen LogP contribution in [0.25, 0.3) is 11.2 Å². The number of hydrogen-bond acceptors (Lipinski definition) is 5. The van der Waals surface area contributed by atoms with Crippen molar-refractivity contribution in [2.75, 3.05) is 5.32 Å². The van der Waals surface area contributed by atoms with E-state index in [0.717, 1.165) is 0 Å². The summed E-state index contributed by atoms with van der Waals surface area (Å²) < 4.78 is 0. The van der Waals surface area contributed by atoms with Crippen molar-refractivity contribution in [3.05, 3.63) is 11.5 Å². The first-order chi connectivity index (χ1) is 9.13. The minimum atomic E-state index is -0.551. The fraction of sp³-hybridized carbons (Fsp3) is 0.300. The molecule has 3 rings (SSSR count). The molecule has 1 atom stereocenters. The lowest BCUT2D eigenvalue weighted by Crippen LogP contribution is -2.37. The van der Waals surface area contributed by atoms with Crippen molar-refractivity contribution in [3.8, 4) is 0 Å². The summed E-state index contributed by atoms with van der Waals surface area (Å²) in [4.78, 5) is 37.6. The van der Waals surface area contributed by atoms with Crippen LogP contribution in [-0.2, 0) is 9.59 Å². The number of carbonyl (C=O) groups excluding carboxylic acids is 2. The second-order valence-electron chi connectivity index (χ2n) is 4.09. The van der Waals surface area contributed by atoms with Crippen LogP contribution in [0.1, 0.15) is 12.8 Å². The molecule has 98 valence electrons. The highest BCUT2D eigenvalue weighted by atomic mass is 35.5. The van der Waals surface area contributed by atoms with E-state index >= 15 is 0 Å². The number of nitrogens with zero attached hydrogens (tertiary/aromatic N) is 3. The van der Waals surface area contributed by atoms with Crippen molar-refractivity contribution < 1.29 is 9.59 Å². The zero-order valence-corrected chi connectivity index (χ0v) is 10.4. The minimum Gasteiger partial charge on any atom is -0.344 e. The second kappa shape index (κ2) is 4.47. The number of carbonyl (C=O) groups is 2. The van der Waals surface area contributed by atoms with Crippen LogP contribution >= 0.6 is 11.6 Å². The molecule has 0 saturated carbocycles. The molecule has 1 aliphatic rings. The van der Waals surface area contributed by atoms with Gasteiger partial charge in [0.15, 0.2) is 10.8 Å².